The lowest BCUT2D eigenvalue weighted by atomic mass is 10.1. The highest BCUT2D eigenvalue weighted by molar-refractivity contribution is 7.92. The molecule has 0 aliphatic heterocycles. The topological polar surface area (TPSA) is 92.3 Å². The van der Waals surface area contributed by atoms with Gasteiger partial charge in [-0.25, -0.2) is 21.6 Å². The Morgan fingerprint density at radius 3 is 1.96 bits per heavy atom. The van der Waals surface area contributed by atoms with E-state index in [1.165, 1.54) is 30.3 Å². The van der Waals surface area contributed by atoms with Crippen LogP contribution in [0.1, 0.15) is 31.9 Å². The van der Waals surface area contributed by atoms with E-state index >= 15 is 0 Å². The van der Waals surface area contributed by atoms with Gasteiger partial charge in [-0.15, -0.1) is 0 Å². The molecule has 6 nitrogen and oxygen atoms in total. The Bertz CT molecular complexity index is 1020. The maximum atomic E-state index is 12.6. The molecular formula is C18H24N2O4S2. The molecule has 0 radical (unpaired) electrons. The van der Waals surface area contributed by atoms with E-state index in [4.69, 9.17) is 0 Å². The van der Waals surface area contributed by atoms with E-state index in [1.807, 2.05) is 13.8 Å². The van der Waals surface area contributed by atoms with Crippen molar-refractivity contribution in [2.45, 2.75) is 49.9 Å². The van der Waals surface area contributed by atoms with Crippen molar-refractivity contribution in [1.29, 1.82) is 0 Å². The molecule has 2 aromatic carbocycles. The predicted octanol–water partition coefficient (Wildman–Crippen LogP) is 3.18. The number of benzene rings is 2. The average Bonchev–Trinajstić information content (AvgIpc) is 2.47. The standard InChI is InChI=1S/C18H24N2O4S2/c1-13-9-10-17(11-14(13)2)25(21,22)19-15-7-6-8-16(12-15)26(23,24)20-18(3,4)5/h6-12,19-20H,1-5H3. The molecule has 0 aliphatic rings. The van der Waals surface area contributed by atoms with Crippen LogP contribution in [0.2, 0.25) is 0 Å². The fraction of sp³-hybridized carbons (Fsp3) is 0.333. The lowest BCUT2D eigenvalue weighted by Crippen LogP contribution is -2.40. The fourth-order valence-corrected chi connectivity index (χ4v) is 4.88. The molecule has 8 heteroatoms. The van der Waals surface area contributed by atoms with Crippen LogP contribution in [0, 0.1) is 13.8 Å². The lowest BCUT2D eigenvalue weighted by Gasteiger charge is -2.20. The highest BCUT2D eigenvalue weighted by Crippen LogP contribution is 2.22. The first-order chi connectivity index (χ1) is 11.8. The van der Waals surface area contributed by atoms with E-state index in [0.29, 0.717) is 0 Å². The van der Waals surface area contributed by atoms with Gasteiger partial charge in [0.2, 0.25) is 10.0 Å². The van der Waals surface area contributed by atoms with Crippen LogP contribution in [0.5, 0.6) is 0 Å². The zero-order valence-electron chi connectivity index (χ0n) is 15.5. The SMILES string of the molecule is Cc1ccc(S(=O)(=O)Nc2cccc(S(=O)(=O)NC(C)(C)C)c2)cc1C. The third-order valence-corrected chi connectivity index (χ3v) is 6.76. The van der Waals surface area contributed by atoms with E-state index in [9.17, 15) is 16.8 Å². The smallest absolute Gasteiger partial charge is 0.261 e. The van der Waals surface area contributed by atoms with Gasteiger partial charge < -0.3 is 0 Å². The summed E-state index contributed by atoms with van der Waals surface area (Å²) in [6.45, 7) is 8.93. The van der Waals surface area contributed by atoms with Gasteiger partial charge in [0.15, 0.2) is 0 Å². The largest absolute Gasteiger partial charge is 0.280 e. The molecule has 0 saturated carbocycles. The molecule has 142 valence electrons. The van der Waals surface area contributed by atoms with Crippen LogP contribution in [-0.2, 0) is 20.0 Å². The number of aryl methyl sites for hydroxylation is 2. The maximum absolute atomic E-state index is 12.6. The van der Waals surface area contributed by atoms with Crippen molar-refractivity contribution in [2.24, 2.45) is 0 Å². The van der Waals surface area contributed by atoms with Crippen LogP contribution in [0.25, 0.3) is 0 Å². The molecule has 0 spiro atoms. The van der Waals surface area contributed by atoms with Gasteiger partial charge in [0.05, 0.1) is 15.5 Å². The lowest BCUT2D eigenvalue weighted by molar-refractivity contribution is 0.491. The van der Waals surface area contributed by atoms with Gasteiger partial charge in [0, 0.05) is 5.54 Å². The van der Waals surface area contributed by atoms with Crippen molar-refractivity contribution in [3.8, 4) is 0 Å². The molecule has 26 heavy (non-hydrogen) atoms. The minimum absolute atomic E-state index is 0.00675. The molecule has 0 heterocycles. The first-order valence-electron chi connectivity index (χ1n) is 8.04. The zero-order chi connectivity index (χ0) is 19.8. The highest BCUT2D eigenvalue weighted by Gasteiger charge is 2.23. The first kappa shape index (κ1) is 20.4. The van der Waals surface area contributed by atoms with E-state index in [1.54, 1.807) is 32.9 Å². The van der Waals surface area contributed by atoms with Gasteiger partial charge in [-0.05, 0) is 76.1 Å². The van der Waals surface area contributed by atoms with Crippen LogP contribution in [0.4, 0.5) is 5.69 Å². The fourth-order valence-electron chi connectivity index (χ4n) is 2.28. The quantitative estimate of drug-likeness (QED) is 0.812. The number of hydrogen-bond acceptors (Lipinski definition) is 4. The predicted molar refractivity (Wildman–Crippen MR) is 103 cm³/mol. The minimum Gasteiger partial charge on any atom is -0.280 e. The third-order valence-electron chi connectivity index (χ3n) is 3.63. The van der Waals surface area contributed by atoms with Gasteiger partial charge in [0.1, 0.15) is 0 Å². The number of hydrogen-bond donors (Lipinski definition) is 2. The Morgan fingerprint density at radius 2 is 1.38 bits per heavy atom. The molecule has 2 N–H and O–H groups in total. The Kier molecular flexibility index (Phi) is 5.51. The van der Waals surface area contributed by atoms with Gasteiger partial charge in [-0.1, -0.05) is 12.1 Å². The second-order valence-electron chi connectivity index (χ2n) is 7.23. The summed E-state index contributed by atoms with van der Waals surface area (Å²) in [5.74, 6) is 0. The molecule has 0 unspecified atom stereocenters. The van der Waals surface area contributed by atoms with E-state index < -0.39 is 25.6 Å². The second kappa shape index (κ2) is 7.02. The van der Waals surface area contributed by atoms with Crippen LogP contribution in [0.15, 0.2) is 52.3 Å². The normalized spacial score (nSPS) is 12.8. The molecule has 0 bridgehead atoms. The van der Waals surface area contributed by atoms with Gasteiger partial charge in [0.25, 0.3) is 10.0 Å². The van der Waals surface area contributed by atoms with E-state index in [2.05, 4.69) is 9.44 Å². The van der Waals surface area contributed by atoms with Crippen molar-refractivity contribution in [2.75, 3.05) is 4.72 Å². The summed E-state index contributed by atoms with van der Waals surface area (Å²) in [4.78, 5) is 0.120. The number of anilines is 1. The summed E-state index contributed by atoms with van der Waals surface area (Å²) >= 11 is 0. The number of rotatable bonds is 5. The van der Waals surface area contributed by atoms with Crippen molar-refractivity contribution in [3.05, 3.63) is 53.6 Å². The van der Waals surface area contributed by atoms with Crippen LogP contribution < -0.4 is 9.44 Å². The maximum Gasteiger partial charge on any atom is 0.261 e. The number of nitrogens with one attached hydrogen (secondary N) is 2. The summed E-state index contributed by atoms with van der Waals surface area (Å²) in [5, 5.41) is 0. The zero-order valence-corrected chi connectivity index (χ0v) is 17.1. The van der Waals surface area contributed by atoms with Gasteiger partial charge in [-0.2, -0.15) is 0 Å². The Morgan fingerprint density at radius 1 is 0.769 bits per heavy atom. The molecule has 0 saturated heterocycles. The Hall–Kier alpha value is -1.90. The molecular weight excluding hydrogens is 372 g/mol. The third kappa shape index (κ3) is 5.06. The van der Waals surface area contributed by atoms with Gasteiger partial charge in [-0.3, -0.25) is 4.72 Å². The Balaban J connectivity index is 2.35. The average molecular weight is 397 g/mol. The summed E-state index contributed by atoms with van der Waals surface area (Å²) < 4.78 is 55.0. The minimum atomic E-state index is -3.82. The molecule has 2 aromatic rings. The first-order valence-corrected chi connectivity index (χ1v) is 11.0. The second-order valence-corrected chi connectivity index (χ2v) is 10.6. The molecule has 0 aliphatic carbocycles. The van der Waals surface area contributed by atoms with Crippen LogP contribution in [-0.4, -0.2) is 22.4 Å². The van der Waals surface area contributed by atoms with Crippen molar-refractivity contribution in [3.63, 3.8) is 0 Å². The van der Waals surface area contributed by atoms with Crippen molar-refractivity contribution >= 4 is 25.7 Å². The molecule has 0 aromatic heterocycles. The highest BCUT2D eigenvalue weighted by atomic mass is 32.2. The summed E-state index contributed by atoms with van der Waals surface area (Å²) in [5.41, 5.74) is 1.39. The van der Waals surface area contributed by atoms with Crippen molar-refractivity contribution < 1.29 is 16.8 Å². The molecule has 2 rings (SSSR count). The van der Waals surface area contributed by atoms with E-state index in [0.717, 1.165) is 11.1 Å². The van der Waals surface area contributed by atoms with Gasteiger partial charge >= 0.3 is 0 Å². The summed E-state index contributed by atoms with van der Waals surface area (Å²) in [6, 6.07) is 10.6. The van der Waals surface area contributed by atoms with Crippen LogP contribution in [0.3, 0.4) is 0 Å². The Labute approximate surface area is 155 Å². The number of sulfonamides is 2. The van der Waals surface area contributed by atoms with Crippen molar-refractivity contribution in [1.82, 2.24) is 4.72 Å². The molecule has 0 fully saturated rings. The molecule has 0 amide bonds. The molecule has 0 atom stereocenters. The van der Waals surface area contributed by atoms with Crippen LogP contribution >= 0.6 is 0 Å². The monoisotopic (exact) mass is 396 g/mol. The summed E-state index contributed by atoms with van der Waals surface area (Å²) in [7, 11) is -7.57. The summed E-state index contributed by atoms with van der Waals surface area (Å²) in [6.07, 6.45) is 0. The van der Waals surface area contributed by atoms with E-state index in [-0.39, 0.29) is 15.5 Å².